The van der Waals surface area contributed by atoms with E-state index in [1.165, 1.54) is 35.5 Å². The summed E-state index contributed by atoms with van der Waals surface area (Å²) in [6, 6.07) is 13.0. The minimum Gasteiger partial charge on any atom is -0.497 e. The maximum absolute atomic E-state index is 14.2. The van der Waals surface area contributed by atoms with Crippen LogP contribution in [0.15, 0.2) is 48.5 Å². The number of methoxy groups -OCH3 is 6. The van der Waals surface area contributed by atoms with E-state index in [2.05, 4.69) is 5.32 Å². The summed E-state index contributed by atoms with van der Waals surface area (Å²) in [5, 5.41) is 2.99. The summed E-state index contributed by atoms with van der Waals surface area (Å²) in [5.74, 6) is 1.31. The molecule has 1 N–H and O–H groups in total. The van der Waals surface area contributed by atoms with Crippen molar-refractivity contribution in [1.82, 2.24) is 4.90 Å². The van der Waals surface area contributed by atoms with E-state index in [0.717, 1.165) is 0 Å². The maximum atomic E-state index is 14.2. The number of fused-ring (bicyclic) bond motifs is 1. The first-order valence-corrected chi connectivity index (χ1v) is 12.1. The molecule has 10 nitrogen and oxygen atoms in total. The molecule has 0 fully saturated rings. The summed E-state index contributed by atoms with van der Waals surface area (Å²) in [6.07, 6.45) is 0. The molecule has 206 valence electrons. The summed E-state index contributed by atoms with van der Waals surface area (Å²) in [5.41, 5.74) is 1.94. The molecule has 3 aromatic carbocycles. The maximum Gasteiger partial charge on any atom is 0.254 e. The average molecular weight is 537 g/mol. The topological polar surface area (TPSA) is 105 Å². The van der Waals surface area contributed by atoms with Crippen LogP contribution in [0.2, 0.25) is 0 Å². The van der Waals surface area contributed by atoms with Gasteiger partial charge in [0.2, 0.25) is 5.91 Å². The summed E-state index contributed by atoms with van der Waals surface area (Å²) in [6.45, 7) is 0. The first kappa shape index (κ1) is 27.4. The lowest BCUT2D eigenvalue weighted by Gasteiger charge is -2.40. The molecule has 1 heterocycles. The number of nitrogens with one attached hydrogen (secondary N) is 1. The lowest BCUT2D eigenvalue weighted by atomic mass is 9.79. The van der Waals surface area contributed by atoms with Gasteiger partial charge in [0.1, 0.15) is 11.5 Å². The fourth-order valence-electron chi connectivity index (χ4n) is 4.91. The molecule has 0 aromatic heterocycles. The zero-order chi connectivity index (χ0) is 28.3. The van der Waals surface area contributed by atoms with Gasteiger partial charge in [-0.05, 0) is 47.5 Å². The molecule has 4 rings (SSSR count). The van der Waals surface area contributed by atoms with Gasteiger partial charge in [-0.2, -0.15) is 0 Å². The number of anilines is 1. The van der Waals surface area contributed by atoms with E-state index in [0.29, 0.717) is 56.9 Å². The number of rotatable bonds is 9. The third-order valence-electron chi connectivity index (χ3n) is 6.87. The average Bonchev–Trinajstić information content (AvgIpc) is 2.97. The summed E-state index contributed by atoms with van der Waals surface area (Å²) in [7, 11) is 10.8. The number of hydrogen-bond acceptors (Lipinski definition) is 8. The third-order valence-corrected chi connectivity index (χ3v) is 6.87. The second-order valence-corrected chi connectivity index (χ2v) is 8.80. The van der Waals surface area contributed by atoms with Crippen LogP contribution in [0.4, 0.5) is 5.69 Å². The largest absolute Gasteiger partial charge is 0.497 e. The van der Waals surface area contributed by atoms with Crippen LogP contribution < -0.4 is 33.7 Å². The van der Waals surface area contributed by atoms with Gasteiger partial charge in [-0.15, -0.1) is 0 Å². The Bertz CT molecular complexity index is 1390. The van der Waals surface area contributed by atoms with Crippen molar-refractivity contribution in [2.45, 2.75) is 12.0 Å². The molecule has 0 unspecified atom stereocenters. The van der Waals surface area contributed by atoms with Crippen molar-refractivity contribution in [2.75, 3.05) is 55.0 Å². The van der Waals surface area contributed by atoms with Gasteiger partial charge in [-0.1, -0.05) is 6.07 Å². The molecule has 0 spiro atoms. The molecule has 2 atom stereocenters. The first-order valence-electron chi connectivity index (χ1n) is 12.1. The number of carbonyl (C=O) groups is 2. The zero-order valence-corrected chi connectivity index (χ0v) is 23.0. The number of carbonyl (C=O) groups excluding carboxylic acids is 2. The molecule has 0 saturated heterocycles. The standard InChI is InChI=1S/C29H32N2O8/c1-31-27(16-8-10-22(36-4)23(12-16)37-5)26(18-14-24(38-6)25(39-7)15-19(18)29(31)33)28(32)30-20-13-17(34-2)9-11-21(20)35-3/h8-15,26-27H,1-7H3,(H,30,32)/t26-,27-/m1/s1. The number of likely N-dealkylation sites (N-methyl/N-ethyl adjacent to an activating group) is 1. The van der Waals surface area contributed by atoms with Gasteiger partial charge in [-0.25, -0.2) is 0 Å². The highest BCUT2D eigenvalue weighted by Crippen LogP contribution is 2.47. The zero-order valence-electron chi connectivity index (χ0n) is 23.0. The van der Waals surface area contributed by atoms with Crippen LogP contribution in [0, 0.1) is 0 Å². The van der Waals surface area contributed by atoms with Crippen LogP contribution in [0.1, 0.15) is 33.4 Å². The van der Waals surface area contributed by atoms with E-state index in [1.54, 1.807) is 61.5 Å². The fraction of sp³-hybridized carbons (Fsp3) is 0.310. The number of nitrogens with zero attached hydrogens (tertiary/aromatic N) is 1. The lowest BCUT2D eigenvalue weighted by molar-refractivity contribution is -0.119. The van der Waals surface area contributed by atoms with Crippen LogP contribution in [0.3, 0.4) is 0 Å². The van der Waals surface area contributed by atoms with Gasteiger partial charge in [0.05, 0.1) is 60.3 Å². The minimum absolute atomic E-state index is 0.270. The second-order valence-electron chi connectivity index (χ2n) is 8.80. The monoisotopic (exact) mass is 536 g/mol. The van der Waals surface area contributed by atoms with Crippen LogP contribution in [0.25, 0.3) is 0 Å². The summed E-state index contributed by atoms with van der Waals surface area (Å²) in [4.78, 5) is 29.4. The van der Waals surface area contributed by atoms with Crippen molar-refractivity contribution in [1.29, 1.82) is 0 Å². The normalized spacial score (nSPS) is 16.2. The first-order chi connectivity index (χ1) is 18.8. The molecule has 1 aliphatic heterocycles. The predicted octanol–water partition coefficient (Wildman–Crippen LogP) is 4.29. The Kier molecular flexibility index (Phi) is 8.04. The van der Waals surface area contributed by atoms with Gasteiger partial charge >= 0.3 is 0 Å². The van der Waals surface area contributed by atoms with E-state index < -0.39 is 12.0 Å². The van der Waals surface area contributed by atoms with Crippen LogP contribution in [0.5, 0.6) is 34.5 Å². The molecule has 39 heavy (non-hydrogen) atoms. The van der Waals surface area contributed by atoms with Crippen molar-refractivity contribution >= 4 is 17.5 Å². The fourth-order valence-corrected chi connectivity index (χ4v) is 4.91. The Balaban J connectivity index is 1.91. The Labute approximate surface area is 227 Å². The molecule has 1 aliphatic rings. The van der Waals surface area contributed by atoms with Crippen LogP contribution in [-0.4, -0.2) is 66.4 Å². The quantitative estimate of drug-likeness (QED) is 0.432. The minimum atomic E-state index is -0.850. The van der Waals surface area contributed by atoms with E-state index in [9.17, 15) is 9.59 Å². The second kappa shape index (κ2) is 11.4. The van der Waals surface area contributed by atoms with Gasteiger partial charge in [0.25, 0.3) is 5.91 Å². The van der Waals surface area contributed by atoms with Crippen molar-refractivity contribution in [3.05, 3.63) is 65.2 Å². The summed E-state index contributed by atoms with van der Waals surface area (Å²) < 4.78 is 32.7. The molecule has 0 aliphatic carbocycles. The van der Waals surface area contributed by atoms with Crippen molar-refractivity contribution in [3.63, 3.8) is 0 Å². The highest BCUT2D eigenvalue weighted by atomic mass is 16.5. The number of ether oxygens (including phenoxy) is 6. The molecular weight excluding hydrogens is 504 g/mol. The van der Waals surface area contributed by atoms with Gasteiger partial charge in [-0.3, -0.25) is 9.59 Å². The Morgan fingerprint density at radius 1 is 0.718 bits per heavy atom. The molecule has 0 bridgehead atoms. The number of amides is 2. The van der Waals surface area contributed by atoms with Gasteiger partial charge in [0.15, 0.2) is 23.0 Å². The summed E-state index contributed by atoms with van der Waals surface area (Å²) >= 11 is 0. The Morgan fingerprint density at radius 3 is 1.92 bits per heavy atom. The van der Waals surface area contributed by atoms with E-state index in [1.807, 2.05) is 6.07 Å². The highest BCUT2D eigenvalue weighted by Gasteiger charge is 2.44. The highest BCUT2D eigenvalue weighted by molar-refractivity contribution is 6.05. The predicted molar refractivity (Wildman–Crippen MR) is 145 cm³/mol. The lowest BCUT2D eigenvalue weighted by Crippen LogP contribution is -2.44. The van der Waals surface area contributed by atoms with E-state index >= 15 is 0 Å². The SMILES string of the molecule is COc1ccc(OC)c(NC(=O)[C@@H]2c3cc(OC)c(OC)cc3C(=O)N(C)[C@@H]2c2ccc(OC)c(OC)c2)c1. The van der Waals surface area contributed by atoms with Crippen molar-refractivity contribution in [3.8, 4) is 34.5 Å². The van der Waals surface area contributed by atoms with Gasteiger partial charge < -0.3 is 38.6 Å². The van der Waals surface area contributed by atoms with Crippen LogP contribution >= 0.6 is 0 Å². The smallest absolute Gasteiger partial charge is 0.254 e. The number of hydrogen-bond donors (Lipinski definition) is 1. The molecule has 0 radical (unpaired) electrons. The van der Waals surface area contributed by atoms with E-state index in [-0.39, 0.29) is 11.8 Å². The van der Waals surface area contributed by atoms with E-state index in [4.69, 9.17) is 28.4 Å². The molecule has 3 aromatic rings. The Hall–Kier alpha value is -4.60. The van der Waals surface area contributed by atoms with Gasteiger partial charge in [0, 0.05) is 18.7 Å². The third kappa shape index (κ3) is 4.97. The molecule has 10 heteroatoms. The molecule has 2 amide bonds. The van der Waals surface area contributed by atoms with Crippen molar-refractivity contribution < 1.29 is 38.0 Å². The Morgan fingerprint density at radius 2 is 1.31 bits per heavy atom. The van der Waals surface area contributed by atoms with Crippen LogP contribution in [-0.2, 0) is 4.79 Å². The molecule has 0 saturated carbocycles. The van der Waals surface area contributed by atoms with Crippen molar-refractivity contribution in [2.24, 2.45) is 0 Å². The molecular formula is C29H32N2O8. The number of benzene rings is 3.